The Balaban J connectivity index is 2.23. The molecule has 0 spiro atoms. The van der Waals surface area contributed by atoms with Crippen molar-refractivity contribution >= 4 is 11.7 Å². The molecule has 1 aromatic carbocycles. The average Bonchev–Trinajstić information content (AvgIpc) is 2.67. The molecule has 0 aliphatic heterocycles. The highest BCUT2D eigenvalue weighted by Crippen LogP contribution is 2.17. The van der Waals surface area contributed by atoms with Crippen LogP contribution in [0.15, 0.2) is 24.3 Å². The molecule has 2 aromatic rings. The molecule has 7 heteroatoms. The second-order valence-electron chi connectivity index (χ2n) is 4.79. The number of aliphatic carboxylic acids is 1. The van der Waals surface area contributed by atoms with Gasteiger partial charge in [-0.1, -0.05) is 12.1 Å². The fourth-order valence-electron chi connectivity index (χ4n) is 2.09. The number of benzene rings is 1. The van der Waals surface area contributed by atoms with Crippen LogP contribution in [0.4, 0.5) is 5.69 Å². The zero-order valence-electron chi connectivity index (χ0n) is 11.7. The van der Waals surface area contributed by atoms with Crippen LogP contribution in [0, 0.1) is 17.0 Å². The number of non-ortho nitro benzene ring substituents is 1. The van der Waals surface area contributed by atoms with Crippen LogP contribution in [-0.2, 0) is 24.7 Å². The van der Waals surface area contributed by atoms with Crippen LogP contribution in [-0.4, -0.2) is 25.6 Å². The number of aromatic nitrogens is 2. The summed E-state index contributed by atoms with van der Waals surface area (Å²) in [7, 11) is 1.83. The van der Waals surface area contributed by atoms with Gasteiger partial charge in [0.25, 0.3) is 5.69 Å². The highest BCUT2D eigenvalue weighted by atomic mass is 16.6. The summed E-state index contributed by atoms with van der Waals surface area (Å²) < 4.78 is 1.85. The molecule has 0 bridgehead atoms. The third-order valence-corrected chi connectivity index (χ3v) is 3.40. The third-order valence-electron chi connectivity index (χ3n) is 3.40. The monoisotopic (exact) mass is 289 g/mol. The van der Waals surface area contributed by atoms with E-state index in [0.717, 1.165) is 17.1 Å². The highest BCUT2D eigenvalue weighted by Gasteiger charge is 2.14. The molecule has 0 amide bonds. The third kappa shape index (κ3) is 3.25. The maximum atomic E-state index is 10.8. The fourth-order valence-corrected chi connectivity index (χ4v) is 2.09. The van der Waals surface area contributed by atoms with E-state index < -0.39 is 10.9 Å². The first-order valence-electron chi connectivity index (χ1n) is 6.34. The van der Waals surface area contributed by atoms with Gasteiger partial charge in [-0.15, -0.1) is 0 Å². The molecular weight excluding hydrogens is 274 g/mol. The lowest BCUT2D eigenvalue weighted by atomic mass is 10.1. The topological polar surface area (TPSA) is 98.3 Å². The van der Waals surface area contributed by atoms with Crippen molar-refractivity contribution in [3.63, 3.8) is 0 Å². The van der Waals surface area contributed by atoms with Crippen LogP contribution in [0.5, 0.6) is 0 Å². The van der Waals surface area contributed by atoms with Gasteiger partial charge < -0.3 is 9.67 Å². The molecule has 0 aliphatic carbocycles. The maximum Gasteiger partial charge on any atom is 0.309 e. The predicted molar refractivity (Wildman–Crippen MR) is 75.2 cm³/mol. The summed E-state index contributed by atoms with van der Waals surface area (Å²) in [5, 5.41) is 19.5. The zero-order valence-corrected chi connectivity index (χ0v) is 11.7. The van der Waals surface area contributed by atoms with E-state index in [1.807, 2.05) is 18.5 Å². The van der Waals surface area contributed by atoms with Crippen molar-refractivity contribution < 1.29 is 14.8 Å². The van der Waals surface area contributed by atoms with Crippen molar-refractivity contribution in [1.82, 2.24) is 9.55 Å². The standard InChI is InChI=1S/C14H15N3O4/c1-9-12(8-14(18)19)15-13(16(9)2)7-10-3-5-11(6-4-10)17(20)21/h3-6H,7-8H2,1-2H3,(H,18,19). The summed E-state index contributed by atoms with van der Waals surface area (Å²) in [6.07, 6.45) is 0.384. The summed E-state index contributed by atoms with van der Waals surface area (Å²) in [6, 6.07) is 6.25. The second kappa shape index (κ2) is 5.74. The van der Waals surface area contributed by atoms with Gasteiger partial charge in [0.15, 0.2) is 0 Å². The van der Waals surface area contributed by atoms with E-state index in [-0.39, 0.29) is 12.1 Å². The molecule has 0 saturated carbocycles. The van der Waals surface area contributed by atoms with E-state index >= 15 is 0 Å². The summed E-state index contributed by atoms with van der Waals surface area (Å²) >= 11 is 0. The average molecular weight is 289 g/mol. The van der Waals surface area contributed by atoms with Crippen molar-refractivity contribution in [1.29, 1.82) is 0 Å². The van der Waals surface area contributed by atoms with Gasteiger partial charge >= 0.3 is 5.97 Å². The number of imidazole rings is 1. The number of hydrogen-bond donors (Lipinski definition) is 1. The van der Waals surface area contributed by atoms with Gasteiger partial charge in [0.2, 0.25) is 0 Å². The Morgan fingerprint density at radius 2 is 2.00 bits per heavy atom. The molecule has 0 unspecified atom stereocenters. The predicted octanol–water partition coefficient (Wildman–Crippen LogP) is 1.85. The number of hydrogen-bond acceptors (Lipinski definition) is 4. The molecule has 21 heavy (non-hydrogen) atoms. The Morgan fingerprint density at radius 3 is 2.52 bits per heavy atom. The smallest absolute Gasteiger partial charge is 0.309 e. The van der Waals surface area contributed by atoms with E-state index in [4.69, 9.17) is 5.11 Å². The molecular formula is C14H15N3O4. The minimum Gasteiger partial charge on any atom is -0.481 e. The van der Waals surface area contributed by atoms with Gasteiger partial charge in [0.05, 0.1) is 17.0 Å². The Labute approximate surface area is 121 Å². The largest absolute Gasteiger partial charge is 0.481 e. The van der Waals surface area contributed by atoms with Gasteiger partial charge in [-0.05, 0) is 12.5 Å². The molecule has 7 nitrogen and oxygen atoms in total. The first kappa shape index (κ1) is 14.7. The summed E-state index contributed by atoms with van der Waals surface area (Å²) in [5.41, 5.74) is 2.29. The lowest BCUT2D eigenvalue weighted by Gasteiger charge is -2.03. The molecule has 0 aliphatic rings. The van der Waals surface area contributed by atoms with Crippen molar-refractivity contribution in [2.45, 2.75) is 19.8 Å². The second-order valence-corrected chi connectivity index (χ2v) is 4.79. The van der Waals surface area contributed by atoms with Crippen molar-refractivity contribution in [2.75, 3.05) is 0 Å². The number of carboxylic acids is 1. The van der Waals surface area contributed by atoms with E-state index in [2.05, 4.69) is 4.98 Å². The van der Waals surface area contributed by atoms with Gasteiger partial charge in [-0.25, -0.2) is 4.98 Å². The number of carbonyl (C=O) groups is 1. The van der Waals surface area contributed by atoms with Gasteiger partial charge in [-0.3, -0.25) is 14.9 Å². The quantitative estimate of drug-likeness (QED) is 0.669. The summed E-state index contributed by atoms with van der Waals surface area (Å²) in [4.78, 5) is 25.3. The van der Waals surface area contributed by atoms with Gasteiger partial charge in [0, 0.05) is 31.3 Å². The van der Waals surface area contributed by atoms with Crippen molar-refractivity contribution in [3.05, 3.63) is 57.2 Å². The fraction of sp³-hybridized carbons (Fsp3) is 0.286. The molecule has 0 atom stereocenters. The van der Waals surface area contributed by atoms with Gasteiger partial charge in [-0.2, -0.15) is 0 Å². The minimum atomic E-state index is -0.918. The highest BCUT2D eigenvalue weighted by molar-refractivity contribution is 5.69. The summed E-state index contributed by atoms with van der Waals surface area (Å²) in [6.45, 7) is 1.82. The molecule has 110 valence electrons. The number of nitro benzene ring substituents is 1. The number of nitro groups is 1. The number of nitrogens with zero attached hydrogens (tertiary/aromatic N) is 3. The molecule has 1 heterocycles. The summed E-state index contributed by atoms with van der Waals surface area (Å²) in [5.74, 6) is -0.185. The van der Waals surface area contributed by atoms with E-state index in [9.17, 15) is 14.9 Å². The van der Waals surface area contributed by atoms with Crippen LogP contribution in [0.1, 0.15) is 22.8 Å². The van der Waals surface area contributed by atoms with Gasteiger partial charge in [0.1, 0.15) is 5.82 Å². The molecule has 1 aromatic heterocycles. The van der Waals surface area contributed by atoms with Crippen LogP contribution >= 0.6 is 0 Å². The van der Waals surface area contributed by atoms with Crippen molar-refractivity contribution in [3.8, 4) is 0 Å². The van der Waals surface area contributed by atoms with Crippen LogP contribution in [0.3, 0.4) is 0 Å². The number of rotatable bonds is 5. The SMILES string of the molecule is Cc1c(CC(=O)O)nc(Cc2ccc([N+](=O)[O-])cc2)n1C. The van der Waals surface area contributed by atoms with E-state index in [1.165, 1.54) is 12.1 Å². The van der Waals surface area contributed by atoms with E-state index in [1.54, 1.807) is 12.1 Å². The minimum absolute atomic E-state index is 0.0429. The van der Waals surface area contributed by atoms with Crippen LogP contribution in [0.2, 0.25) is 0 Å². The van der Waals surface area contributed by atoms with Crippen molar-refractivity contribution in [2.24, 2.45) is 7.05 Å². The normalized spacial score (nSPS) is 10.6. The first-order chi connectivity index (χ1) is 9.88. The van der Waals surface area contributed by atoms with Crippen LogP contribution in [0.25, 0.3) is 0 Å². The molecule has 1 N–H and O–H groups in total. The molecule has 0 fully saturated rings. The molecule has 0 radical (unpaired) electrons. The van der Waals surface area contributed by atoms with Crippen LogP contribution < -0.4 is 0 Å². The zero-order chi connectivity index (χ0) is 15.6. The molecule has 0 saturated heterocycles. The first-order valence-corrected chi connectivity index (χ1v) is 6.34. The Hall–Kier alpha value is -2.70. The lowest BCUT2D eigenvalue weighted by molar-refractivity contribution is -0.384. The lowest BCUT2D eigenvalue weighted by Crippen LogP contribution is -2.02. The van der Waals surface area contributed by atoms with E-state index in [0.29, 0.717) is 12.1 Å². The molecule has 2 rings (SSSR count). The Bertz CT molecular complexity index is 689. The Kier molecular flexibility index (Phi) is 4.02. The Morgan fingerprint density at radius 1 is 1.38 bits per heavy atom. The maximum absolute atomic E-state index is 10.8. The number of carboxylic acid groups (broad SMARTS) is 1.